The molecular formula is C18H26N2O2. The summed E-state index contributed by atoms with van der Waals surface area (Å²) >= 11 is 0. The summed E-state index contributed by atoms with van der Waals surface area (Å²) < 4.78 is 0. The maximum absolute atomic E-state index is 10.1. The Balaban J connectivity index is 0.000000224. The van der Waals surface area contributed by atoms with Crippen LogP contribution in [0, 0.1) is 29.1 Å². The Morgan fingerprint density at radius 3 is 2.18 bits per heavy atom. The zero-order valence-corrected chi connectivity index (χ0v) is 13.7. The molecule has 1 aliphatic rings. The van der Waals surface area contributed by atoms with Crippen molar-refractivity contribution in [3.63, 3.8) is 0 Å². The Labute approximate surface area is 133 Å². The lowest BCUT2D eigenvalue weighted by Gasteiger charge is -2.28. The lowest BCUT2D eigenvalue weighted by molar-refractivity contribution is 0.210. The molecule has 1 amide bonds. The van der Waals surface area contributed by atoms with E-state index in [1.54, 1.807) is 12.1 Å². The lowest BCUT2D eigenvalue weighted by Crippen LogP contribution is -2.16. The highest BCUT2D eigenvalue weighted by atomic mass is 16.4. The molecule has 0 aliphatic heterocycles. The third-order valence-corrected chi connectivity index (χ3v) is 4.27. The second-order valence-electron chi connectivity index (χ2n) is 6.38. The molecule has 120 valence electrons. The minimum atomic E-state index is -1.11. The van der Waals surface area contributed by atoms with Gasteiger partial charge in [0.15, 0.2) is 0 Å². The van der Waals surface area contributed by atoms with Crippen molar-refractivity contribution in [2.75, 3.05) is 5.32 Å². The Kier molecular flexibility index (Phi) is 7.45. The van der Waals surface area contributed by atoms with Crippen molar-refractivity contribution >= 4 is 11.8 Å². The van der Waals surface area contributed by atoms with Gasteiger partial charge in [-0.25, -0.2) is 4.79 Å². The van der Waals surface area contributed by atoms with Crippen LogP contribution in [0.3, 0.4) is 0 Å². The van der Waals surface area contributed by atoms with E-state index in [1.807, 2.05) is 6.07 Å². The number of carbonyl (C=O) groups is 1. The van der Waals surface area contributed by atoms with Gasteiger partial charge < -0.3 is 5.11 Å². The summed E-state index contributed by atoms with van der Waals surface area (Å²) in [7, 11) is 0. The molecule has 0 bridgehead atoms. The zero-order valence-electron chi connectivity index (χ0n) is 13.7. The molecule has 0 saturated heterocycles. The molecule has 2 N–H and O–H groups in total. The molecule has 1 aliphatic carbocycles. The third kappa shape index (κ3) is 6.62. The van der Waals surface area contributed by atoms with Crippen molar-refractivity contribution in [1.82, 2.24) is 0 Å². The van der Waals surface area contributed by atoms with Crippen molar-refractivity contribution in [1.29, 1.82) is 5.26 Å². The molecule has 0 atom stereocenters. The summed E-state index contributed by atoms with van der Waals surface area (Å²) in [6, 6.07) is 8.09. The van der Waals surface area contributed by atoms with E-state index in [-0.39, 0.29) is 0 Å². The predicted molar refractivity (Wildman–Crippen MR) is 88.8 cm³/mol. The van der Waals surface area contributed by atoms with Gasteiger partial charge in [-0.3, -0.25) is 5.32 Å². The average Bonchev–Trinajstić information content (AvgIpc) is 2.48. The van der Waals surface area contributed by atoms with E-state index in [2.05, 4.69) is 26.1 Å². The molecule has 0 spiro atoms. The first-order chi connectivity index (χ1) is 10.4. The van der Waals surface area contributed by atoms with Crippen LogP contribution in [0.5, 0.6) is 0 Å². The number of carboxylic acid groups (broad SMARTS) is 1. The molecular weight excluding hydrogens is 276 g/mol. The van der Waals surface area contributed by atoms with Crippen LogP contribution in [0.2, 0.25) is 0 Å². The topological polar surface area (TPSA) is 73.1 Å². The van der Waals surface area contributed by atoms with Crippen molar-refractivity contribution in [2.45, 2.75) is 46.5 Å². The molecule has 22 heavy (non-hydrogen) atoms. The van der Waals surface area contributed by atoms with Gasteiger partial charge in [-0.05, 0) is 54.9 Å². The van der Waals surface area contributed by atoms with Gasteiger partial charge in [-0.15, -0.1) is 0 Å². The maximum Gasteiger partial charge on any atom is 0.409 e. The van der Waals surface area contributed by atoms with E-state index >= 15 is 0 Å². The monoisotopic (exact) mass is 302 g/mol. The fourth-order valence-electron chi connectivity index (χ4n) is 2.70. The highest BCUT2D eigenvalue weighted by molar-refractivity contribution is 5.82. The number of rotatable bonds is 2. The van der Waals surface area contributed by atoms with E-state index < -0.39 is 6.09 Å². The summed E-state index contributed by atoms with van der Waals surface area (Å²) in [5.41, 5.74) is 0.965. The number of hydrogen-bond acceptors (Lipinski definition) is 2. The molecule has 1 aromatic carbocycles. The number of nitriles is 1. The largest absolute Gasteiger partial charge is 0.465 e. The van der Waals surface area contributed by atoms with Gasteiger partial charge in [0.1, 0.15) is 0 Å². The fraction of sp³-hybridized carbons (Fsp3) is 0.556. The van der Waals surface area contributed by atoms with Gasteiger partial charge in [0, 0.05) is 5.69 Å². The molecule has 0 aromatic heterocycles. The number of nitrogens with zero attached hydrogens (tertiary/aromatic N) is 1. The number of nitrogens with one attached hydrogen (secondary N) is 1. The lowest BCUT2D eigenvalue weighted by atomic mass is 9.78. The van der Waals surface area contributed by atoms with Crippen LogP contribution in [0.4, 0.5) is 10.5 Å². The van der Waals surface area contributed by atoms with E-state index in [1.165, 1.54) is 37.8 Å². The summed E-state index contributed by atoms with van der Waals surface area (Å²) in [6.45, 7) is 7.11. The maximum atomic E-state index is 10.1. The van der Waals surface area contributed by atoms with E-state index in [0.29, 0.717) is 11.3 Å². The molecule has 4 nitrogen and oxygen atoms in total. The second kappa shape index (κ2) is 9.09. The van der Waals surface area contributed by atoms with Crippen LogP contribution in [-0.2, 0) is 0 Å². The van der Waals surface area contributed by atoms with E-state index in [4.69, 9.17) is 10.4 Å². The van der Waals surface area contributed by atoms with Crippen molar-refractivity contribution in [3.8, 4) is 6.07 Å². The molecule has 0 radical (unpaired) electrons. The zero-order chi connectivity index (χ0) is 16.5. The number of benzene rings is 1. The first-order valence-corrected chi connectivity index (χ1v) is 7.92. The summed E-state index contributed by atoms with van der Waals surface area (Å²) in [5, 5.41) is 18.9. The van der Waals surface area contributed by atoms with E-state index in [0.717, 1.165) is 17.8 Å². The number of hydrogen-bond donors (Lipinski definition) is 2. The Hall–Kier alpha value is -2.02. The smallest absolute Gasteiger partial charge is 0.409 e. The van der Waals surface area contributed by atoms with Gasteiger partial charge in [0.2, 0.25) is 0 Å². The van der Waals surface area contributed by atoms with Gasteiger partial charge in [-0.2, -0.15) is 5.26 Å². The molecule has 4 heteroatoms. The van der Waals surface area contributed by atoms with Crippen LogP contribution in [0.25, 0.3) is 0 Å². The van der Waals surface area contributed by atoms with Crippen LogP contribution in [0.15, 0.2) is 24.3 Å². The van der Waals surface area contributed by atoms with Crippen molar-refractivity contribution < 1.29 is 9.90 Å². The molecule has 1 aromatic rings. The average molecular weight is 302 g/mol. The van der Waals surface area contributed by atoms with Gasteiger partial charge in [0.25, 0.3) is 0 Å². The standard InChI is InChI=1S/C10H20.C8H6N2O2/c1-8(2)10-6-4-9(3)5-7-10;9-5-6-1-3-7(4-2-6)10-8(11)12/h8-10H,4-7H2,1-3H3;1-4,10H,(H,11,12). The first-order valence-electron chi connectivity index (χ1n) is 7.92. The van der Waals surface area contributed by atoms with Gasteiger partial charge in [0.05, 0.1) is 11.6 Å². The Morgan fingerprint density at radius 1 is 1.23 bits per heavy atom. The summed E-state index contributed by atoms with van der Waals surface area (Å²) in [6.07, 6.45) is 4.81. The van der Waals surface area contributed by atoms with Gasteiger partial charge >= 0.3 is 6.09 Å². The van der Waals surface area contributed by atoms with Crippen molar-refractivity contribution in [3.05, 3.63) is 29.8 Å². The quantitative estimate of drug-likeness (QED) is 0.796. The van der Waals surface area contributed by atoms with Crippen molar-refractivity contribution in [2.24, 2.45) is 17.8 Å². The molecule has 0 heterocycles. The predicted octanol–water partition coefficient (Wildman–Crippen LogP) is 5.12. The fourth-order valence-corrected chi connectivity index (χ4v) is 2.70. The van der Waals surface area contributed by atoms with E-state index in [9.17, 15) is 4.79 Å². The molecule has 0 unspecified atom stereocenters. The number of anilines is 1. The minimum Gasteiger partial charge on any atom is -0.465 e. The SMILES string of the molecule is CC1CCC(C(C)C)CC1.N#Cc1ccc(NC(=O)O)cc1. The summed E-state index contributed by atoms with van der Waals surface area (Å²) in [5.74, 6) is 2.97. The molecule has 2 rings (SSSR count). The minimum absolute atomic E-state index is 0.460. The second-order valence-corrected chi connectivity index (χ2v) is 6.38. The summed E-state index contributed by atoms with van der Waals surface area (Å²) in [4.78, 5) is 10.1. The Bertz CT molecular complexity index is 495. The van der Waals surface area contributed by atoms with Crippen LogP contribution >= 0.6 is 0 Å². The Morgan fingerprint density at radius 2 is 1.77 bits per heavy atom. The highest BCUT2D eigenvalue weighted by Gasteiger charge is 2.20. The highest BCUT2D eigenvalue weighted by Crippen LogP contribution is 2.32. The van der Waals surface area contributed by atoms with Gasteiger partial charge in [-0.1, -0.05) is 33.6 Å². The van der Waals surface area contributed by atoms with Crippen LogP contribution in [-0.4, -0.2) is 11.2 Å². The number of amides is 1. The van der Waals surface area contributed by atoms with Crippen LogP contribution < -0.4 is 5.32 Å². The van der Waals surface area contributed by atoms with Crippen LogP contribution in [0.1, 0.15) is 52.0 Å². The first kappa shape index (κ1) is 18.0. The molecule has 1 fully saturated rings. The normalized spacial score (nSPS) is 20.5. The molecule has 1 saturated carbocycles. The third-order valence-electron chi connectivity index (χ3n) is 4.27.